The van der Waals surface area contributed by atoms with E-state index in [2.05, 4.69) is 21.2 Å². The number of nitrogens with one attached hydrogen (secondary N) is 1. The second-order valence-electron chi connectivity index (χ2n) is 10.3. The third-order valence-electron chi connectivity index (χ3n) is 6.84. The number of aromatic hydroxyl groups is 1. The van der Waals surface area contributed by atoms with Gasteiger partial charge in [0, 0.05) is 22.7 Å². The average Bonchev–Trinajstić information content (AvgIpc) is 3.00. The molecule has 3 aromatic carbocycles. The first-order chi connectivity index (χ1) is 18.6. The van der Waals surface area contributed by atoms with Crippen molar-refractivity contribution in [3.05, 3.63) is 87.0 Å². The first-order valence-corrected chi connectivity index (χ1v) is 13.5. The van der Waals surface area contributed by atoms with Gasteiger partial charge in [0.15, 0.2) is 5.78 Å². The maximum atomic E-state index is 13.8. The van der Waals surface area contributed by atoms with E-state index in [-0.39, 0.29) is 28.4 Å². The summed E-state index contributed by atoms with van der Waals surface area (Å²) >= 11 is 10.3. The summed E-state index contributed by atoms with van der Waals surface area (Å²) in [4.78, 5) is 28.7. The van der Waals surface area contributed by atoms with E-state index in [1.165, 1.54) is 11.0 Å². The number of anilines is 2. The van der Waals surface area contributed by atoms with Gasteiger partial charge in [0.2, 0.25) is 5.91 Å². The normalized spacial score (nSPS) is 17.9. The van der Waals surface area contributed by atoms with Crippen LogP contribution in [-0.2, 0) is 9.59 Å². The van der Waals surface area contributed by atoms with Crippen molar-refractivity contribution in [3.63, 3.8) is 0 Å². The lowest BCUT2D eigenvalue weighted by atomic mass is 9.73. The fourth-order valence-electron chi connectivity index (χ4n) is 5.21. The number of phenols is 1. The molecule has 1 amide bonds. The quantitative estimate of drug-likeness (QED) is 0.296. The number of amides is 1. The number of nitrogens with zero attached hydrogens (tertiary/aromatic N) is 2. The number of Topliss-reactive ketones (excluding diaryl/α,β-unsaturated/α-hetero) is 1. The lowest BCUT2D eigenvalue weighted by Crippen LogP contribution is -2.39. The lowest BCUT2D eigenvalue weighted by Gasteiger charge is -2.37. The Labute approximate surface area is 239 Å². The zero-order chi connectivity index (χ0) is 27.9. The van der Waals surface area contributed by atoms with Crippen molar-refractivity contribution in [1.82, 2.24) is 0 Å². The molecule has 198 valence electrons. The predicted molar refractivity (Wildman–Crippen MR) is 153 cm³/mol. The molecule has 0 fully saturated rings. The van der Waals surface area contributed by atoms with Gasteiger partial charge in [0.25, 0.3) is 0 Å². The average molecular weight is 607 g/mol. The number of ketones is 1. The molecule has 0 aromatic heterocycles. The van der Waals surface area contributed by atoms with Gasteiger partial charge in [0.05, 0.1) is 22.3 Å². The van der Waals surface area contributed by atoms with Crippen LogP contribution in [0, 0.1) is 16.7 Å². The van der Waals surface area contributed by atoms with Crippen molar-refractivity contribution in [2.75, 3.05) is 10.2 Å². The van der Waals surface area contributed by atoms with Gasteiger partial charge in [-0.15, -0.1) is 0 Å². The van der Waals surface area contributed by atoms with Crippen LogP contribution >= 0.6 is 27.5 Å². The second-order valence-corrected chi connectivity index (χ2v) is 11.6. The number of halogens is 2. The minimum absolute atomic E-state index is 0.0751. The Hall–Kier alpha value is -3.80. The van der Waals surface area contributed by atoms with Gasteiger partial charge in [-0.1, -0.05) is 49.7 Å². The fraction of sp³-hybridized carbons (Fsp3) is 0.233. The zero-order valence-electron chi connectivity index (χ0n) is 21.3. The molecule has 1 heterocycles. The first-order valence-electron chi connectivity index (χ1n) is 12.4. The largest absolute Gasteiger partial charge is 0.506 e. The van der Waals surface area contributed by atoms with Crippen molar-refractivity contribution < 1.29 is 19.4 Å². The van der Waals surface area contributed by atoms with Crippen LogP contribution in [0.2, 0.25) is 5.02 Å². The monoisotopic (exact) mass is 605 g/mol. The van der Waals surface area contributed by atoms with E-state index in [0.717, 1.165) is 4.47 Å². The Morgan fingerprint density at radius 1 is 1.21 bits per heavy atom. The van der Waals surface area contributed by atoms with Crippen molar-refractivity contribution in [2.45, 2.75) is 39.2 Å². The first kappa shape index (κ1) is 26.8. The molecular weight excluding hydrogens is 582 g/mol. The van der Waals surface area contributed by atoms with Gasteiger partial charge in [-0.2, -0.15) is 5.26 Å². The number of carbonyl (C=O) groups is 2. The van der Waals surface area contributed by atoms with E-state index in [4.69, 9.17) is 16.3 Å². The molecule has 9 heteroatoms. The number of carbonyl (C=O) groups excluding carboxylic acids is 2. The van der Waals surface area contributed by atoms with Crippen molar-refractivity contribution in [3.8, 4) is 23.3 Å². The maximum Gasteiger partial charge on any atom is 0.242 e. The molecule has 3 aromatic rings. The van der Waals surface area contributed by atoms with Crippen LogP contribution in [0.25, 0.3) is 0 Å². The summed E-state index contributed by atoms with van der Waals surface area (Å²) in [6, 6.07) is 18.3. The lowest BCUT2D eigenvalue weighted by molar-refractivity contribution is -0.119. The minimum Gasteiger partial charge on any atom is -0.506 e. The van der Waals surface area contributed by atoms with E-state index in [1.807, 2.05) is 44.2 Å². The molecule has 2 N–H and O–H groups in total. The van der Waals surface area contributed by atoms with E-state index < -0.39 is 18.4 Å². The molecule has 1 unspecified atom stereocenters. The molecule has 1 aliphatic carbocycles. The SMILES string of the molecule is CC1(C)CC(=O)C2=C(C1)Nc1c(O)cccc1N(C(=O)CC#N)C2c1ccc(Oc2ccccc2Br)cc1Cl. The molecule has 1 aliphatic heterocycles. The zero-order valence-corrected chi connectivity index (χ0v) is 23.6. The number of para-hydroxylation sites is 2. The summed E-state index contributed by atoms with van der Waals surface area (Å²) in [6.07, 6.45) is 0.363. The summed E-state index contributed by atoms with van der Waals surface area (Å²) < 4.78 is 6.79. The summed E-state index contributed by atoms with van der Waals surface area (Å²) in [5.41, 5.74) is 1.81. The molecule has 0 radical (unpaired) electrons. The molecule has 2 aliphatic rings. The summed E-state index contributed by atoms with van der Waals surface area (Å²) in [7, 11) is 0. The van der Waals surface area contributed by atoms with Gasteiger partial charge >= 0.3 is 0 Å². The van der Waals surface area contributed by atoms with Gasteiger partial charge in [0.1, 0.15) is 29.4 Å². The number of allylic oxidation sites excluding steroid dienone is 1. The number of rotatable bonds is 4. The highest BCUT2D eigenvalue weighted by Gasteiger charge is 2.44. The van der Waals surface area contributed by atoms with Crippen molar-refractivity contribution in [1.29, 1.82) is 5.26 Å². The third kappa shape index (κ3) is 5.12. The Bertz CT molecular complexity index is 1580. The number of fused-ring (bicyclic) bond motifs is 1. The van der Waals surface area contributed by atoms with Crippen LogP contribution < -0.4 is 15.0 Å². The van der Waals surface area contributed by atoms with Crippen LogP contribution in [0.1, 0.15) is 44.7 Å². The molecule has 0 saturated carbocycles. The number of phenolic OH excluding ortho intramolecular Hbond substituents is 1. The van der Waals surface area contributed by atoms with Crippen LogP contribution in [0.15, 0.2) is 76.4 Å². The molecule has 7 nitrogen and oxygen atoms in total. The number of ether oxygens (including phenoxy) is 1. The van der Waals surface area contributed by atoms with E-state index in [1.54, 1.807) is 30.3 Å². The highest BCUT2D eigenvalue weighted by molar-refractivity contribution is 9.10. The van der Waals surface area contributed by atoms with Crippen molar-refractivity contribution in [2.24, 2.45) is 5.41 Å². The van der Waals surface area contributed by atoms with Gasteiger partial charge in [-0.25, -0.2) is 0 Å². The number of benzene rings is 3. The van der Waals surface area contributed by atoms with Gasteiger partial charge in [-0.05, 0) is 69.7 Å². The molecule has 1 atom stereocenters. The van der Waals surface area contributed by atoms with E-state index in [0.29, 0.717) is 46.1 Å². The molecule has 5 rings (SSSR count). The Morgan fingerprint density at radius 3 is 2.69 bits per heavy atom. The topological polar surface area (TPSA) is 103 Å². The Kier molecular flexibility index (Phi) is 7.15. The van der Waals surface area contributed by atoms with E-state index in [9.17, 15) is 20.0 Å². The van der Waals surface area contributed by atoms with Crippen LogP contribution in [0.3, 0.4) is 0 Å². The van der Waals surface area contributed by atoms with Crippen LogP contribution in [0.5, 0.6) is 17.2 Å². The standard InChI is InChI=1S/C30H25BrClN3O4/c1-30(2)15-21-27(24(37)16-30)29(35(26(38)12-13-33)22-7-5-8-23(36)28(22)34-21)18-11-10-17(14-20(18)32)39-25-9-4-3-6-19(25)31/h3-11,14,29,34,36H,12,15-16H2,1-2H3. The Balaban J connectivity index is 1.71. The van der Waals surface area contributed by atoms with Crippen LogP contribution in [0.4, 0.5) is 11.4 Å². The second kappa shape index (κ2) is 10.4. The summed E-state index contributed by atoms with van der Waals surface area (Å²) in [5, 5.41) is 23.8. The Morgan fingerprint density at radius 2 is 1.97 bits per heavy atom. The minimum atomic E-state index is -0.926. The number of hydrogen-bond acceptors (Lipinski definition) is 6. The third-order valence-corrected chi connectivity index (χ3v) is 7.82. The van der Waals surface area contributed by atoms with Gasteiger partial charge < -0.3 is 15.2 Å². The van der Waals surface area contributed by atoms with Crippen molar-refractivity contribution >= 4 is 50.6 Å². The van der Waals surface area contributed by atoms with Gasteiger partial charge in [-0.3, -0.25) is 14.5 Å². The predicted octanol–water partition coefficient (Wildman–Crippen LogP) is 7.66. The molecular formula is C30H25BrClN3O4. The van der Waals surface area contributed by atoms with E-state index >= 15 is 0 Å². The number of hydrogen-bond donors (Lipinski definition) is 2. The smallest absolute Gasteiger partial charge is 0.242 e. The molecule has 0 bridgehead atoms. The molecule has 0 saturated heterocycles. The summed E-state index contributed by atoms with van der Waals surface area (Å²) in [6.45, 7) is 4.00. The summed E-state index contributed by atoms with van der Waals surface area (Å²) in [5.74, 6) is 0.344. The molecule has 39 heavy (non-hydrogen) atoms. The van der Waals surface area contributed by atoms with Crippen LogP contribution in [-0.4, -0.2) is 16.8 Å². The maximum absolute atomic E-state index is 13.8. The molecule has 0 spiro atoms. The highest BCUT2D eigenvalue weighted by atomic mass is 79.9. The number of nitriles is 1. The highest BCUT2D eigenvalue weighted by Crippen LogP contribution is 2.51. The fourth-order valence-corrected chi connectivity index (χ4v) is 5.85.